The number of rotatable bonds is 6. The van der Waals surface area contributed by atoms with E-state index < -0.39 is 46.1 Å². The molecule has 0 heterocycles. The highest BCUT2D eigenvalue weighted by Crippen LogP contribution is 2.60. The summed E-state index contributed by atoms with van der Waals surface area (Å²) in [7, 11) is -0.865. The van der Waals surface area contributed by atoms with Crippen molar-refractivity contribution in [1.82, 2.24) is 0 Å². The molecule has 4 fully saturated rings. The summed E-state index contributed by atoms with van der Waals surface area (Å²) in [5.74, 6) is -4.67. The molecule has 0 spiro atoms. The summed E-state index contributed by atoms with van der Waals surface area (Å²) in [6, 6.07) is 14.6. The predicted octanol–water partition coefficient (Wildman–Crippen LogP) is 8.74. The molecule has 0 atom stereocenters. The van der Waals surface area contributed by atoms with Gasteiger partial charge in [-0.15, -0.1) is 0 Å². The number of halogens is 6. The van der Waals surface area contributed by atoms with Crippen LogP contribution in [0.3, 0.4) is 0 Å². The summed E-state index contributed by atoms with van der Waals surface area (Å²) in [6.07, 6.45) is 7.12. The number of benzene rings is 3. The van der Waals surface area contributed by atoms with E-state index in [0.717, 1.165) is 43.1 Å². The number of ether oxygens (including phenoxy) is 1. The average Bonchev–Trinajstić information content (AvgIpc) is 2.88. The Morgan fingerprint density at radius 2 is 1.15 bits per heavy atom. The molecule has 0 N–H and O–H groups in total. The SMILES string of the molecule is CC(F)(F)C(=O)OCC12CC3CC(CC(C3)C1)C2.Fc1ccc([S+](c2ccc(F)cc2)c2cc(F)cc(F)c2)cc1. The maximum Gasteiger partial charge on any atom is 0.376 e. The van der Waals surface area contributed by atoms with E-state index in [1.54, 1.807) is 24.3 Å². The molecule has 4 bridgehead atoms. The number of hydrogen-bond donors (Lipinski definition) is 0. The Morgan fingerprint density at radius 1 is 0.732 bits per heavy atom. The van der Waals surface area contributed by atoms with Gasteiger partial charge >= 0.3 is 11.9 Å². The minimum absolute atomic E-state index is 0.0235. The summed E-state index contributed by atoms with van der Waals surface area (Å²) < 4.78 is 84.0. The number of carbonyl (C=O) groups is 1. The molecular formula is C32H31F6O2S+. The standard InChI is InChI=1S/C18H11F4S.C14H20F2O2/c19-12-1-5-16(6-2-12)23(17-7-3-13(20)4-8-17)18-10-14(21)9-15(22)11-18;1-13(15,16)12(17)18-8-14-5-9-2-10(6-14)4-11(3-9)7-14/h1-11H;9-11H,2-8H2,1H3/q+1;. The fourth-order valence-electron chi connectivity index (χ4n) is 7.01. The van der Waals surface area contributed by atoms with Crippen LogP contribution in [0.1, 0.15) is 45.4 Å². The third-order valence-corrected chi connectivity index (χ3v) is 10.4. The van der Waals surface area contributed by atoms with Gasteiger partial charge in [0.05, 0.1) is 17.5 Å². The highest BCUT2D eigenvalue weighted by atomic mass is 32.2. The Hall–Kier alpha value is -2.94. The van der Waals surface area contributed by atoms with Crippen LogP contribution in [-0.2, 0) is 20.4 Å². The van der Waals surface area contributed by atoms with Crippen LogP contribution in [0.25, 0.3) is 0 Å². The van der Waals surface area contributed by atoms with Gasteiger partial charge in [-0.2, -0.15) is 8.78 Å². The smallest absolute Gasteiger partial charge is 0.376 e. The molecule has 0 aliphatic heterocycles. The molecule has 4 saturated carbocycles. The van der Waals surface area contributed by atoms with Crippen LogP contribution in [0.15, 0.2) is 81.4 Å². The van der Waals surface area contributed by atoms with Crippen molar-refractivity contribution in [3.05, 3.63) is 90.0 Å². The van der Waals surface area contributed by atoms with E-state index in [0.29, 0.717) is 21.6 Å². The number of hydrogen-bond acceptors (Lipinski definition) is 2. The van der Waals surface area contributed by atoms with E-state index in [2.05, 4.69) is 0 Å². The molecule has 0 amide bonds. The maximum absolute atomic E-state index is 13.6. The van der Waals surface area contributed by atoms with E-state index in [4.69, 9.17) is 4.74 Å². The predicted molar refractivity (Wildman–Crippen MR) is 144 cm³/mol. The molecule has 4 aliphatic carbocycles. The number of carbonyl (C=O) groups excluding carboxylic acids is 1. The lowest BCUT2D eigenvalue weighted by Crippen LogP contribution is -2.49. The lowest BCUT2D eigenvalue weighted by molar-refractivity contribution is -0.179. The normalized spacial score (nSPS) is 24.6. The van der Waals surface area contributed by atoms with Gasteiger partial charge in [0.15, 0.2) is 14.7 Å². The molecule has 9 heteroatoms. The molecule has 3 aromatic rings. The van der Waals surface area contributed by atoms with Gasteiger partial charge < -0.3 is 4.74 Å². The Balaban J connectivity index is 0.000000169. The quantitative estimate of drug-likeness (QED) is 0.162. The summed E-state index contributed by atoms with van der Waals surface area (Å²) in [5, 5.41) is 0. The third-order valence-electron chi connectivity index (χ3n) is 8.20. The van der Waals surface area contributed by atoms with Gasteiger partial charge in [0.25, 0.3) is 0 Å². The van der Waals surface area contributed by atoms with Crippen molar-refractivity contribution >= 4 is 16.9 Å². The lowest BCUT2D eigenvalue weighted by atomic mass is 9.50. The second-order valence-corrected chi connectivity index (χ2v) is 13.7. The minimum Gasteiger partial charge on any atom is -0.461 e. The summed E-state index contributed by atoms with van der Waals surface area (Å²) in [4.78, 5) is 13.0. The molecule has 7 rings (SSSR count). The minimum atomic E-state index is -3.36. The van der Waals surface area contributed by atoms with Gasteiger partial charge in [0.1, 0.15) is 23.3 Å². The van der Waals surface area contributed by atoms with Gasteiger partial charge in [-0.1, -0.05) is 0 Å². The zero-order valence-corrected chi connectivity index (χ0v) is 23.3. The molecule has 218 valence electrons. The van der Waals surface area contributed by atoms with Crippen molar-refractivity contribution in [2.24, 2.45) is 23.2 Å². The molecular weight excluding hydrogens is 562 g/mol. The van der Waals surface area contributed by atoms with E-state index in [1.165, 1.54) is 55.7 Å². The van der Waals surface area contributed by atoms with Gasteiger partial charge in [-0.3, -0.25) is 0 Å². The fraction of sp³-hybridized carbons (Fsp3) is 0.406. The molecule has 41 heavy (non-hydrogen) atoms. The first-order valence-electron chi connectivity index (χ1n) is 13.7. The van der Waals surface area contributed by atoms with Crippen LogP contribution >= 0.6 is 0 Å². The molecule has 0 aromatic heterocycles. The second kappa shape index (κ2) is 11.7. The van der Waals surface area contributed by atoms with Crippen molar-refractivity contribution in [3.8, 4) is 0 Å². The molecule has 4 aliphatic rings. The maximum atomic E-state index is 13.6. The van der Waals surface area contributed by atoms with Crippen molar-refractivity contribution in [3.63, 3.8) is 0 Å². The molecule has 0 saturated heterocycles. The first-order chi connectivity index (χ1) is 19.4. The molecule has 0 unspecified atom stereocenters. The molecule has 0 radical (unpaired) electrons. The Kier molecular flexibility index (Phi) is 8.46. The first kappa shape index (κ1) is 29.5. The third kappa shape index (κ3) is 7.11. The average molecular weight is 594 g/mol. The van der Waals surface area contributed by atoms with Crippen molar-refractivity contribution in [2.45, 2.75) is 66.1 Å². The van der Waals surface area contributed by atoms with Crippen LogP contribution in [0, 0.1) is 46.4 Å². The largest absolute Gasteiger partial charge is 0.461 e. The fourth-order valence-corrected chi connectivity index (χ4v) is 9.10. The Morgan fingerprint density at radius 3 is 1.54 bits per heavy atom. The van der Waals surface area contributed by atoms with E-state index in [-0.39, 0.29) is 12.0 Å². The topological polar surface area (TPSA) is 26.3 Å². The first-order valence-corrected chi connectivity index (χ1v) is 14.9. The van der Waals surface area contributed by atoms with E-state index in [1.807, 2.05) is 0 Å². The van der Waals surface area contributed by atoms with Crippen molar-refractivity contribution in [2.75, 3.05) is 6.61 Å². The zero-order chi connectivity index (χ0) is 29.4. The van der Waals surface area contributed by atoms with Crippen LogP contribution in [0.2, 0.25) is 0 Å². The van der Waals surface area contributed by atoms with Crippen LogP contribution in [-0.4, -0.2) is 18.5 Å². The van der Waals surface area contributed by atoms with Crippen molar-refractivity contribution < 1.29 is 35.9 Å². The van der Waals surface area contributed by atoms with Gasteiger partial charge in [0.2, 0.25) is 0 Å². The zero-order valence-electron chi connectivity index (χ0n) is 22.5. The summed E-state index contributed by atoms with van der Waals surface area (Å²) >= 11 is 0. The molecule has 3 aromatic carbocycles. The van der Waals surface area contributed by atoms with Crippen LogP contribution in [0.4, 0.5) is 26.3 Å². The highest BCUT2D eigenvalue weighted by Gasteiger charge is 2.52. The summed E-state index contributed by atoms with van der Waals surface area (Å²) in [6.45, 7) is 0.813. The Bertz CT molecular complexity index is 1270. The van der Waals surface area contributed by atoms with E-state index in [9.17, 15) is 31.1 Å². The monoisotopic (exact) mass is 593 g/mol. The highest BCUT2D eigenvalue weighted by molar-refractivity contribution is 7.97. The van der Waals surface area contributed by atoms with Crippen LogP contribution < -0.4 is 0 Å². The molecule has 2 nitrogen and oxygen atoms in total. The number of alkyl halides is 2. The lowest BCUT2D eigenvalue weighted by Gasteiger charge is -2.56. The van der Waals surface area contributed by atoms with Gasteiger partial charge in [-0.25, -0.2) is 22.4 Å². The van der Waals surface area contributed by atoms with Crippen LogP contribution in [0.5, 0.6) is 0 Å². The Labute approximate surface area is 238 Å². The van der Waals surface area contributed by atoms with Crippen molar-refractivity contribution in [1.29, 1.82) is 0 Å². The van der Waals surface area contributed by atoms with Gasteiger partial charge in [0, 0.05) is 30.5 Å². The second-order valence-electron chi connectivity index (χ2n) is 11.7. The van der Waals surface area contributed by atoms with E-state index >= 15 is 0 Å². The van der Waals surface area contributed by atoms with Gasteiger partial charge in [-0.05, 0) is 105 Å². The number of esters is 1. The summed E-state index contributed by atoms with van der Waals surface area (Å²) in [5.41, 5.74) is 0.0235.